The number of carboxylic acid groups (broad SMARTS) is 1. The molecule has 0 aromatic carbocycles. The summed E-state index contributed by atoms with van der Waals surface area (Å²) in [6.07, 6.45) is -0.0322. The second kappa shape index (κ2) is 5.40. The molecule has 1 aromatic rings. The number of amides is 1. The van der Waals surface area contributed by atoms with Gasteiger partial charge >= 0.3 is 11.9 Å². The van der Waals surface area contributed by atoms with E-state index in [1.165, 1.54) is 16.2 Å². The number of aliphatic carboxylic acids is 1. The Morgan fingerprint density at radius 2 is 2.32 bits per heavy atom. The number of ether oxygens (including phenoxy) is 1. The molecule has 1 aliphatic heterocycles. The fourth-order valence-electron chi connectivity index (χ4n) is 1.94. The molecule has 6 nitrogen and oxygen atoms in total. The van der Waals surface area contributed by atoms with Crippen LogP contribution in [-0.4, -0.2) is 36.1 Å². The first-order chi connectivity index (χ1) is 9.04. The first-order valence-electron chi connectivity index (χ1n) is 5.82. The van der Waals surface area contributed by atoms with Crippen LogP contribution >= 0.6 is 11.3 Å². The first-order valence-corrected chi connectivity index (χ1v) is 6.70. The van der Waals surface area contributed by atoms with Gasteiger partial charge in [0.2, 0.25) is 5.91 Å². The molecule has 102 valence electrons. The smallest absolute Gasteiger partial charge is 0.341 e. The third-order valence-electron chi connectivity index (χ3n) is 2.86. The summed E-state index contributed by atoms with van der Waals surface area (Å²) < 4.78 is 4.91. The Morgan fingerprint density at radius 1 is 1.58 bits per heavy atom. The van der Waals surface area contributed by atoms with Crippen molar-refractivity contribution in [1.82, 2.24) is 0 Å². The quantitative estimate of drug-likeness (QED) is 0.843. The Hall–Kier alpha value is -1.89. The summed E-state index contributed by atoms with van der Waals surface area (Å²) in [6.45, 7) is 2.05. The molecule has 1 N–H and O–H groups in total. The third kappa shape index (κ3) is 2.60. The monoisotopic (exact) mass is 283 g/mol. The van der Waals surface area contributed by atoms with E-state index in [0.29, 0.717) is 10.6 Å². The molecule has 7 heteroatoms. The molecule has 1 amide bonds. The highest BCUT2D eigenvalue weighted by molar-refractivity contribution is 7.14. The molecular formula is C12H13NO5S. The zero-order chi connectivity index (χ0) is 14.0. The Morgan fingerprint density at radius 3 is 2.89 bits per heavy atom. The van der Waals surface area contributed by atoms with Gasteiger partial charge in [-0.05, 0) is 18.4 Å². The van der Waals surface area contributed by atoms with E-state index in [9.17, 15) is 14.4 Å². The molecule has 0 saturated carbocycles. The lowest BCUT2D eigenvalue weighted by Crippen LogP contribution is -2.26. The number of esters is 1. The van der Waals surface area contributed by atoms with Gasteiger partial charge in [0.25, 0.3) is 0 Å². The largest absolute Gasteiger partial charge is 0.481 e. The second-order valence-electron chi connectivity index (χ2n) is 4.10. The molecule has 1 aromatic heterocycles. The highest BCUT2D eigenvalue weighted by Crippen LogP contribution is 2.33. The van der Waals surface area contributed by atoms with E-state index in [2.05, 4.69) is 0 Å². The molecule has 0 radical (unpaired) electrons. The van der Waals surface area contributed by atoms with Crippen LogP contribution < -0.4 is 4.90 Å². The Kier molecular flexibility index (Phi) is 3.84. The second-order valence-corrected chi connectivity index (χ2v) is 5.00. The van der Waals surface area contributed by atoms with E-state index >= 15 is 0 Å². The third-order valence-corrected chi connectivity index (χ3v) is 3.80. The number of thiophene rings is 1. The molecular weight excluding hydrogens is 270 g/mol. The van der Waals surface area contributed by atoms with Crippen molar-refractivity contribution >= 4 is 34.2 Å². The number of rotatable bonds is 4. The van der Waals surface area contributed by atoms with Crippen molar-refractivity contribution in [3.8, 4) is 0 Å². The summed E-state index contributed by atoms with van der Waals surface area (Å²) in [4.78, 5) is 35.8. The molecule has 0 aliphatic carbocycles. The molecule has 1 fully saturated rings. The average Bonchev–Trinajstić information content (AvgIpc) is 2.94. The number of anilines is 1. The van der Waals surface area contributed by atoms with Crippen LogP contribution in [-0.2, 0) is 14.3 Å². The van der Waals surface area contributed by atoms with Crippen LogP contribution in [0.25, 0.3) is 0 Å². The van der Waals surface area contributed by atoms with Crippen LogP contribution in [0.4, 0.5) is 5.00 Å². The van der Waals surface area contributed by atoms with Crippen LogP contribution in [0.15, 0.2) is 11.4 Å². The minimum Gasteiger partial charge on any atom is -0.481 e. The maximum atomic E-state index is 11.8. The number of hydrogen-bond acceptors (Lipinski definition) is 5. The van der Waals surface area contributed by atoms with Crippen molar-refractivity contribution in [3.05, 3.63) is 17.0 Å². The first kappa shape index (κ1) is 13.5. The maximum Gasteiger partial charge on any atom is 0.341 e. The van der Waals surface area contributed by atoms with Gasteiger partial charge in [-0.3, -0.25) is 9.59 Å². The van der Waals surface area contributed by atoms with Gasteiger partial charge in [0, 0.05) is 13.0 Å². The van der Waals surface area contributed by atoms with Gasteiger partial charge in [-0.15, -0.1) is 11.3 Å². The van der Waals surface area contributed by atoms with Crippen LogP contribution in [0.5, 0.6) is 0 Å². The van der Waals surface area contributed by atoms with Crippen molar-refractivity contribution in [2.24, 2.45) is 5.92 Å². The average molecular weight is 283 g/mol. The van der Waals surface area contributed by atoms with E-state index in [1.807, 2.05) is 0 Å². The Bertz CT molecular complexity index is 524. The van der Waals surface area contributed by atoms with Gasteiger partial charge in [-0.25, -0.2) is 4.79 Å². The Balaban J connectivity index is 2.24. The van der Waals surface area contributed by atoms with Crippen molar-refractivity contribution in [2.75, 3.05) is 18.1 Å². The predicted molar refractivity (Wildman–Crippen MR) is 68.4 cm³/mol. The van der Waals surface area contributed by atoms with Crippen molar-refractivity contribution in [3.63, 3.8) is 0 Å². The van der Waals surface area contributed by atoms with Crippen LogP contribution in [0, 0.1) is 5.92 Å². The predicted octanol–water partition coefficient (Wildman–Crippen LogP) is 1.36. The van der Waals surface area contributed by atoms with Gasteiger partial charge in [0.05, 0.1) is 18.1 Å². The van der Waals surface area contributed by atoms with Gasteiger partial charge in [-0.1, -0.05) is 0 Å². The van der Waals surface area contributed by atoms with Crippen molar-refractivity contribution < 1.29 is 24.2 Å². The summed E-state index contributed by atoms with van der Waals surface area (Å²) in [5.41, 5.74) is 0.311. The standard InChI is InChI=1S/C12H13NO5S/c1-2-18-12(17)8-3-4-19-10(8)13-6-7(11(15)16)5-9(13)14/h3-4,7H,2,5-6H2,1H3,(H,15,16). The number of hydrogen-bond donors (Lipinski definition) is 1. The SMILES string of the molecule is CCOC(=O)c1ccsc1N1CC(C(=O)O)CC1=O. The minimum atomic E-state index is -0.995. The van der Waals surface area contributed by atoms with Crippen molar-refractivity contribution in [1.29, 1.82) is 0 Å². The van der Waals surface area contributed by atoms with E-state index in [0.717, 1.165) is 0 Å². The van der Waals surface area contributed by atoms with Gasteiger partial charge < -0.3 is 14.7 Å². The molecule has 2 heterocycles. The van der Waals surface area contributed by atoms with E-state index in [1.54, 1.807) is 18.4 Å². The zero-order valence-corrected chi connectivity index (χ0v) is 11.1. The highest BCUT2D eigenvalue weighted by Gasteiger charge is 2.37. The van der Waals surface area contributed by atoms with E-state index in [-0.39, 0.29) is 25.5 Å². The van der Waals surface area contributed by atoms with Gasteiger partial charge in [0.1, 0.15) is 5.00 Å². The van der Waals surface area contributed by atoms with Gasteiger partial charge in [0.15, 0.2) is 0 Å². The number of nitrogens with zero attached hydrogens (tertiary/aromatic N) is 1. The number of carbonyl (C=O) groups is 3. The molecule has 1 unspecified atom stereocenters. The topological polar surface area (TPSA) is 83.9 Å². The Labute approximate surface area is 113 Å². The summed E-state index contributed by atoms with van der Waals surface area (Å²) in [6, 6.07) is 1.58. The summed E-state index contributed by atoms with van der Waals surface area (Å²) >= 11 is 1.23. The van der Waals surface area contributed by atoms with Crippen LogP contribution in [0.2, 0.25) is 0 Å². The molecule has 0 spiro atoms. The molecule has 1 aliphatic rings. The van der Waals surface area contributed by atoms with Crippen molar-refractivity contribution in [2.45, 2.75) is 13.3 Å². The number of carbonyl (C=O) groups excluding carboxylic acids is 2. The molecule has 2 rings (SSSR count). The van der Waals surface area contributed by atoms with E-state index in [4.69, 9.17) is 9.84 Å². The summed E-state index contributed by atoms with van der Waals surface area (Å²) in [5, 5.41) is 11.1. The fraction of sp³-hybridized carbons (Fsp3) is 0.417. The maximum absolute atomic E-state index is 11.8. The molecule has 1 saturated heterocycles. The molecule has 0 bridgehead atoms. The number of carboxylic acids is 1. The zero-order valence-electron chi connectivity index (χ0n) is 10.3. The lowest BCUT2D eigenvalue weighted by molar-refractivity contribution is -0.141. The van der Waals surface area contributed by atoms with E-state index < -0.39 is 17.9 Å². The lowest BCUT2D eigenvalue weighted by atomic mass is 10.1. The summed E-state index contributed by atoms with van der Waals surface area (Å²) in [5.74, 6) is -2.49. The van der Waals surface area contributed by atoms with Crippen LogP contribution in [0.3, 0.4) is 0 Å². The lowest BCUT2D eigenvalue weighted by Gasteiger charge is -2.15. The highest BCUT2D eigenvalue weighted by atomic mass is 32.1. The summed E-state index contributed by atoms with van der Waals surface area (Å²) in [7, 11) is 0. The van der Waals surface area contributed by atoms with Crippen LogP contribution in [0.1, 0.15) is 23.7 Å². The normalized spacial score (nSPS) is 18.7. The van der Waals surface area contributed by atoms with Gasteiger partial charge in [-0.2, -0.15) is 0 Å². The fourth-order valence-corrected chi connectivity index (χ4v) is 2.86. The molecule has 1 atom stereocenters. The molecule has 19 heavy (non-hydrogen) atoms. The minimum absolute atomic E-state index is 0.0322.